The molecule has 14 heavy (non-hydrogen) atoms. The Morgan fingerprint density at radius 3 is 2.29 bits per heavy atom. The number of hydrogen-bond donors (Lipinski definition) is 0. The molecule has 1 aliphatic rings. The van der Waals surface area contributed by atoms with E-state index in [1.807, 2.05) is 20.8 Å². The molecule has 0 amide bonds. The minimum absolute atomic E-state index is 0.156. The lowest BCUT2D eigenvalue weighted by Crippen LogP contribution is -2.32. The van der Waals surface area contributed by atoms with E-state index in [-0.39, 0.29) is 5.92 Å². The number of rotatable bonds is 2. The second-order valence-electron chi connectivity index (χ2n) is 4.69. The van der Waals surface area contributed by atoms with E-state index in [0.29, 0.717) is 24.0 Å². The van der Waals surface area contributed by atoms with Crippen LogP contribution in [0.15, 0.2) is 24.3 Å². The van der Waals surface area contributed by atoms with E-state index in [1.165, 1.54) is 0 Å². The Morgan fingerprint density at radius 2 is 1.86 bits per heavy atom. The first-order chi connectivity index (χ1) is 6.43. The van der Waals surface area contributed by atoms with E-state index in [4.69, 9.17) is 0 Å². The maximum Gasteiger partial charge on any atom is 0.136 e. The maximum atomic E-state index is 11.7. The van der Waals surface area contributed by atoms with E-state index in [1.54, 1.807) is 0 Å². The van der Waals surface area contributed by atoms with Gasteiger partial charge in [0.2, 0.25) is 0 Å². The van der Waals surface area contributed by atoms with Gasteiger partial charge in [-0.3, -0.25) is 4.79 Å². The molecule has 0 spiro atoms. The van der Waals surface area contributed by atoms with Crippen LogP contribution in [0.4, 0.5) is 0 Å². The number of carbonyl (C=O) groups is 1. The largest absolute Gasteiger partial charge is 0.299 e. The zero-order valence-electron chi connectivity index (χ0n) is 9.47. The Balaban J connectivity index is 2.81. The molecule has 0 aromatic rings. The van der Waals surface area contributed by atoms with Crippen LogP contribution in [0.5, 0.6) is 0 Å². The number of hydrogen-bond acceptors (Lipinski definition) is 1. The molecule has 1 aliphatic carbocycles. The summed E-state index contributed by atoms with van der Waals surface area (Å²) in [5.74, 6) is 1.26. The highest BCUT2D eigenvalue weighted by molar-refractivity contribution is 5.82. The lowest BCUT2D eigenvalue weighted by atomic mass is 9.70. The third-order valence-corrected chi connectivity index (χ3v) is 3.43. The van der Waals surface area contributed by atoms with Crippen molar-refractivity contribution < 1.29 is 4.79 Å². The fourth-order valence-electron chi connectivity index (χ4n) is 2.25. The number of Topliss-reactive ketones (excluding diaryl/α,β-unsaturated/α-hetero) is 1. The van der Waals surface area contributed by atoms with Gasteiger partial charge in [0.15, 0.2) is 0 Å². The van der Waals surface area contributed by atoms with Crippen molar-refractivity contribution >= 4 is 5.78 Å². The number of carbonyl (C=O) groups excluding carboxylic acids is 1. The van der Waals surface area contributed by atoms with Crippen molar-refractivity contribution in [3.05, 3.63) is 24.3 Å². The van der Waals surface area contributed by atoms with Crippen molar-refractivity contribution in [1.29, 1.82) is 0 Å². The summed E-state index contributed by atoms with van der Waals surface area (Å²) in [6.07, 6.45) is 1.73. The molecule has 78 valence electrons. The standard InChI is InChI=1S/C13H20O/c1-8(2)11-6-12(9(3)4)10(5)13(14)7-11/h10-12H,1,3,6-7H2,2,4-5H3/t10?,11-,12+/m0/s1. The summed E-state index contributed by atoms with van der Waals surface area (Å²) in [6, 6.07) is 0. The molecule has 0 aromatic carbocycles. The molecule has 0 aromatic heterocycles. The van der Waals surface area contributed by atoms with Crippen LogP contribution in [0.3, 0.4) is 0 Å². The van der Waals surface area contributed by atoms with Gasteiger partial charge >= 0.3 is 0 Å². The van der Waals surface area contributed by atoms with Crippen LogP contribution in [0.2, 0.25) is 0 Å². The van der Waals surface area contributed by atoms with Crippen LogP contribution in [0.25, 0.3) is 0 Å². The van der Waals surface area contributed by atoms with Crippen LogP contribution in [-0.4, -0.2) is 5.78 Å². The summed E-state index contributed by atoms with van der Waals surface area (Å²) < 4.78 is 0. The Kier molecular flexibility index (Phi) is 3.30. The summed E-state index contributed by atoms with van der Waals surface area (Å²) >= 11 is 0. The van der Waals surface area contributed by atoms with Crippen molar-refractivity contribution in [2.75, 3.05) is 0 Å². The highest BCUT2D eigenvalue weighted by Crippen LogP contribution is 2.37. The first kappa shape index (κ1) is 11.2. The molecule has 0 bridgehead atoms. The molecular formula is C13H20O. The highest BCUT2D eigenvalue weighted by atomic mass is 16.1. The van der Waals surface area contributed by atoms with Crippen molar-refractivity contribution in [1.82, 2.24) is 0 Å². The van der Waals surface area contributed by atoms with Crippen LogP contribution in [0.1, 0.15) is 33.6 Å². The van der Waals surface area contributed by atoms with Crippen molar-refractivity contribution in [2.45, 2.75) is 33.6 Å². The molecule has 3 atom stereocenters. The predicted octanol–water partition coefficient (Wildman–Crippen LogP) is 3.37. The Labute approximate surface area is 86.9 Å². The lowest BCUT2D eigenvalue weighted by Gasteiger charge is -2.34. The van der Waals surface area contributed by atoms with Gasteiger partial charge in [0.1, 0.15) is 5.78 Å². The molecule has 1 saturated carbocycles. The van der Waals surface area contributed by atoms with E-state index < -0.39 is 0 Å². The van der Waals surface area contributed by atoms with Gasteiger partial charge < -0.3 is 0 Å². The quantitative estimate of drug-likeness (QED) is 0.613. The molecule has 0 N–H and O–H groups in total. The number of ketones is 1. The second-order valence-corrected chi connectivity index (χ2v) is 4.69. The SMILES string of the molecule is C=C(C)[C@@H]1CC(=O)C(C)[C@@H](C(=C)C)C1. The van der Waals surface area contributed by atoms with Gasteiger partial charge in [-0.2, -0.15) is 0 Å². The minimum Gasteiger partial charge on any atom is -0.299 e. The lowest BCUT2D eigenvalue weighted by molar-refractivity contribution is -0.126. The molecule has 0 saturated heterocycles. The molecule has 0 aliphatic heterocycles. The normalized spacial score (nSPS) is 32.8. The Bertz CT molecular complexity index is 275. The third kappa shape index (κ3) is 2.14. The molecule has 1 unspecified atom stereocenters. The van der Waals surface area contributed by atoms with Gasteiger partial charge in [0, 0.05) is 12.3 Å². The van der Waals surface area contributed by atoms with Gasteiger partial charge in [-0.25, -0.2) is 0 Å². The molecule has 1 rings (SSSR count). The summed E-state index contributed by atoms with van der Waals surface area (Å²) in [4.78, 5) is 11.7. The summed E-state index contributed by atoms with van der Waals surface area (Å²) in [7, 11) is 0. The van der Waals surface area contributed by atoms with Gasteiger partial charge in [-0.15, -0.1) is 0 Å². The van der Waals surface area contributed by atoms with Crippen LogP contribution in [0, 0.1) is 17.8 Å². The maximum absolute atomic E-state index is 11.7. The Hall–Kier alpha value is -0.850. The van der Waals surface area contributed by atoms with Crippen molar-refractivity contribution in [2.24, 2.45) is 17.8 Å². The number of allylic oxidation sites excluding steroid dienone is 2. The van der Waals surface area contributed by atoms with Crippen LogP contribution < -0.4 is 0 Å². The third-order valence-electron chi connectivity index (χ3n) is 3.43. The first-order valence-corrected chi connectivity index (χ1v) is 5.27. The fraction of sp³-hybridized carbons (Fsp3) is 0.615. The monoisotopic (exact) mass is 192 g/mol. The molecule has 0 heterocycles. The molecule has 0 radical (unpaired) electrons. The van der Waals surface area contributed by atoms with E-state index in [9.17, 15) is 4.79 Å². The van der Waals surface area contributed by atoms with Gasteiger partial charge in [0.05, 0.1) is 0 Å². The van der Waals surface area contributed by atoms with E-state index in [0.717, 1.165) is 17.6 Å². The molecule has 1 fully saturated rings. The van der Waals surface area contributed by atoms with Crippen LogP contribution >= 0.6 is 0 Å². The second kappa shape index (κ2) is 4.12. The Morgan fingerprint density at radius 1 is 1.29 bits per heavy atom. The summed E-state index contributed by atoms with van der Waals surface area (Å²) in [5.41, 5.74) is 2.27. The smallest absolute Gasteiger partial charge is 0.136 e. The molecule has 1 nitrogen and oxygen atoms in total. The summed E-state index contributed by atoms with van der Waals surface area (Å²) in [6.45, 7) is 14.0. The minimum atomic E-state index is 0.156. The zero-order chi connectivity index (χ0) is 10.9. The summed E-state index contributed by atoms with van der Waals surface area (Å²) in [5, 5.41) is 0. The van der Waals surface area contributed by atoms with Crippen molar-refractivity contribution in [3.8, 4) is 0 Å². The predicted molar refractivity (Wildman–Crippen MR) is 60.0 cm³/mol. The van der Waals surface area contributed by atoms with Gasteiger partial charge in [0.25, 0.3) is 0 Å². The van der Waals surface area contributed by atoms with Crippen LogP contribution in [-0.2, 0) is 4.79 Å². The van der Waals surface area contributed by atoms with Gasteiger partial charge in [-0.05, 0) is 32.1 Å². The fourth-order valence-corrected chi connectivity index (χ4v) is 2.25. The highest BCUT2D eigenvalue weighted by Gasteiger charge is 2.34. The topological polar surface area (TPSA) is 17.1 Å². The zero-order valence-corrected chi connectivity index (χ0v) is 9.47. The molecular weight excluding hydrogens is 172 g/mol. The average Bonchev–Trinajstić information content (AvgIpc) is 2.08. The molecule has 1 heteroatoms. The van der Waals surface area contributed by atoms with E-state index >= 15 is 0 Å². The van der Waals surface area contributed by atoms with E-state index in [2.05, 4.69) is 13.2 Å². The van der Waals surface area contributed by atoms with Gasteiger partial charge in [-0.1, -0.05) is 31.2 Å². The first-order valence-electron chi connectivity index (χ1n) is 5.27. The average molecular weight is 192 g/mol. The van der Waals surface area contributed by atoms with Crippen molar-refractivity contribution in [3.63, 3.8) is 0 Å².